The maximum Gasteiger partial charge on any atom is 0.229 e. The molecule has 0 amide bonds. The lowest BCUT2D eigenvalue weighted by Gasteiger charge is -2.16. The fraction of sp³-hybridized carbons (Fsp3) is 0.562. The summed E-state index contributed by atoms with van der Waals surface area (Å²) in [6, 6.07) is 0. The number of sulfone groups is 1. The molecular weight excluding hydrogens is 390 g/mol. The van der Waals surface area contributed by atoms with Crippen molar-refractivity contribution in [1.82, 2.24) is 24.6 Å². The van der Waals surface area contributed by atoms with Gasteiger partial charge in [-0.3, -0.25) is 4.68 Å². The molecule has 3 rings (SSSR count). The molecule has 3 heterocycles. The average molecular weight is 414 g/mol. The van der Waals surface area contributed by atoms with Gasteiger partial charge in [0.1, 0.15) is 14.9 Å². The minimum absolute atomic E-state index is 0.203. The summed E-state index contributed by atoms with van der Waals surface area (Å²) >= 11 is 6.21. The third-order valence-electron chi connectivity index (χ3n) is 4.41. The van der Waals surface area contributed by atoms with E-state index in [-0.39, 0.29) is 5.75 Å². The summed E-state index contributed by atoms with van der Waals surface area (Å²) in [6.07, 6.45) is 7.36. The Kier molecular flexibility index (Phi) is 6.18. The van der Waals surface area contributed by atoms with E-state index in [1.165, 1.54) is 6.26 Å². The van der Waals surface area contributed by atoms with Gasteiger partial charge in [0.2, 0.25) is 5.95 Å². The Bertz CT molecular complexity index is 887. The van der Waals surface area contributed by atoms with Crippen LogP contribution < -0.4 is 10.6 Å². The summed E-state index contributed by atoms with van der Waals surface area (Å²) in [7, 11) is -1.09. The Balaban J connectivity index is 1.52. The van der Waals surface area contributed by atoms with E-state index >= 15 is 0 Å². The summed E-state index contributed by atoms with van der Waals surface area (Å²) in [5.41, 5.74) is 0.795. The number of aromatic nitrogens is 4. The standard InChI is InChI=1S/C16H24ClN7O2S/c1-23-11-13(8-20-23)21-16-19-9-14(17)15(22-16)18-7-12-3-4-24(10-12)5-6-27(2,25)26/h8-9,11-12H,3-7,10H2,1-2H3,(H2,18,19,21,22)/t12-/m1/s1. The lowest BCUT2D eigenvalue weighted by molar-refractivity contribution is 0.345. The second-order valence-corrected chi connectivity index (χ2v) is 9.55. The monoisotopic (exact) mass is 413 g/mol. The number of hydrogen-bond acceptors (Lipinski definition) is 8. The van der Waals surface area contributed by atoms with Crippen molar-refractivity contribution >= 4 is 38.9 Å². The highest BCUT2D eigenvalue weighted by Gasteiger charge is 2.23. The fourth-order valence-corrected chi connectivity index (χ4v) is 3.73. The normalized spacial score (nSPS) is 18.0. The quantitative estimate of drug-likeness (QED) is 0.668. The topological polar surface area (TPSA) is 105 Å². The maximum absolute atomic E-state index is 11.3. The van der Waals surface area contributed by atoms with Crippen LogP contribution in [0.25, 0.3) is 0 Å². The summed E-state index contributed by atoms with van der Waals surface area (Å²) in [6.45, 7) is 3.08. The molecule has 2 N–H and O–H groups in total. The van der Waals surface area contributed by atoms with Crippen LogP contribution in [0.3, 0.4) is 0 Å². The van der Waals surface area contributed by atoms with Crippen molar-refractivity contribution in [3.8, 4) is 0 Å². The van der Waals surface area contributed by atoms with E-state index in [0.717, 1.165) is 31.7 Å². The summed E-state index contributed by atoms with van der Waals surface area (Å²) in [5, 5.41) is 10.9. The summed E-state index contributed by atoms with van der Waals surface area (Å²) in [4.78, 5) is 10.8. The molecule has 27 heavy (non-hydrogen) atoms. The van der Waals surface area contributed by atoms with Crippen molar-refractivity contribution in [2.45, 2.75) is 6.42 Å². The van der Waals surface area contributed by atoms with Gasteiger partial charge in [0.25, 0.3) is 0 Å². The number of halogens is 1. The first kappa shape index (κ1) is 19.8. The highest BCUT2D eigenvalue weighted by molar-refractivity contribution is 7.90. The Labute approximate surface area is 164 Å². The van der Waals surface area contributed by atoms with Gasteiger partial charge in [-0.25, -0.2) is 13.4 Å². The van der Waals surface area contributed by atoms with Gasteiger partial charge >= 0.3 is 0 Å². The molecule has 1 aliphatic heterocycles. The van der Waals surface area contributed by atoms with Crippen molar-refractivity contribution in [3.63, 3.8) is 0 Å². The van der Waals surface area contributed by atoms with Crippen molar-refractivity contribution in [2.24, 2.45) is 13.0 Å². The molecule has 1 fully saturated rings. The van der Waals surface area contributed by atoms with Crippen molar-refractivity contribution in [2.75, 3.05) is 48.8 Å². The third kappa shape index (κ3) is 6.05. The highest BCUT2D eigenvalue weighted by atomic mass is 35.5. The lowest BCUT2D eigenvalue weighted by Crippen LogP contribution is -2.28. The number of anilines is 3. The zero-order valence-corrected chi connectivity index (χ0v) is 17.0. The molecule has 11 heteroatoms. The van der Waals surface area contributed by atoms with Gasteiger partial charge in [0.05, 0.1) is 23.8 Å². The molecule has 148 valence electrons. The Morgan fingerprint density at radius 2 is 2.19 bits per heavy atom. The van der Waals surface area contributed by atoms with Crippen LogP contribution in [-0.2, 0) is 16.9 Å². The van der Waals surface area contributed by atoms with Gasteiger partial charge in [0.15, 0.2) is 5.82 Å². The SMILES string of the molecule is Cn1cc(Nc2ncc(Cl)c(NC[C@H]3CCN(CCS(C)(=O)=O)C3)n2)cn1. The molecule has 2 aromatic rings. The molecular formula is C16H24ClN7O2S. The number of nitrogens with zero attached hydrogens (tertiary/aromatic N) is 5. The van der Waals surface area contributed by atoms with E-state index in [9.17, 15) is 8.42 Å². The Hall–Kier alpha value is -1.91. The fourth-order valence-electron chi connectivity index (χ4n) is 2.98. The van der Waals surface area contributed by atoms with Crippen LogP contribution in [-0.4, -0.2) is 71.3 Å². The third-order valence-corrected chi connectivity index (χ3v) is 5.61. The molecule has 1 saturated heterocycles. The molecule has 0 bridgehead atoms. The van der Waals surface area contributed by atoms with Crippen LogP contribution in [0.2, 0.25) is 5.02 Å². The van der Waals surface area contributed by atoms with Crippen molar-refractivity contribution in [1.29, 1.82) is 0 Å². The van der Waals surface area contributed by atoms with E-state index in [1.807, 2.05) is 13.2 Å². The van der Waals surface area contributed by atoms with Crippen molar-refractivity contribution < 1.29 is 8.42 Å². The molecule has 0 aliphatic carbocycles. The van der Waals surface area contributed by atoms with Gasteiger partial charge in [-0.1, -0.05) is 11.6 Å². The first-order valence-corrected chi connectivity index (χ1v) is 11.1. The van der Waals surface area contributed by atoms with Crippen LogP contribution in [0, 0.1) is 5.92 Å². The summed E-state index contributed by atoms with van der Waals surface area (Å²) in [5.74, 6) is 1.64. The second-order valence-electron chi connectivity index (χ2n) is 6.88. The van der Waals surface area contributed by atoms with Crippen LogP contribution in [0.15, 0.2) is 18.6 Å². The van der Waals surface area contributed by atoms with Crippen LogP contribution in [0.4, 0.5) is 17.5 Å². The average Bonchev–Trinajstić information content (AvgIpc) is 3.22. The van der Waals surface area contributed by atoms with Gasteiger partial charge in [-0.05, 0) is 18.9 Å². The summed E-state index contributed by atoms with van der Waals surface area (Å²) < 4.78 is 24.3. The molecule has 0 unspecified atom stereocenters. The Morgan fingerprint density at radius 1 is 1.37 bits per heavy atom. The number of rotatable bonds is 8. The molecule has 1 atom stereocenters. The second kappa shape index (κ2) is 8.41. The van der Waals surface area contributed by atoms with Gasteiger partial charge in [-0.2, -0.15) is 10.1 Å². The molecule has 9 nitrogen and oxygen atoms in total. The number of nitrogens with one attached hydrogen (secondary N) is 2. The minimum atomic E-state index is -2.92. The molecule has 0 spiro atoms. The minimum Gasteiger partial charge on any atom is -0.368 e. The van der Waals surface area contributed by atoms with E-state index < -0.39 is 9.84 Å². The highest BCUT2D eigenvalue weighted by Crippen LogP contribution is 2.23. The first-order valence-electron chi connectivity index (χ1n) is 8.70. The van der Waals surface area contributed by atoms with Crippen molar-refractivity contribution in [3.05, 3.63) is 23.6 Å². The van der Waals surface area contributed by atoms with E-state index in [4.69, 9.17) is 11.6 Å². The first-order chi connectivity index (χ1) is 12.8. The van der Waals surface area contributed by atoms with Gasteiger partial charge in [0, 0.05) is 39.1 Å². The van der Waals surface area contributed by atoms with Crippen LogP contribution in [0.1, 0.15) is 6.42 Å². The zero-order valence-electron chi connectivity index (χ0n) is 15.4. The lowest BCUT2D eigenvalue weighted by atomic mass is 10.1. The number of likely N-dealkylation sites (tertiary alicyclic amines) is 1. The molecule has 0 aromatic carbocycles. The van der Waals surface area contributed by atoms with E-state index in [0.29, 0.717) is 29.3 Å². The number of aryl methyl sites for hydroxylation is 1. The molecule has 0 radical (unpaired) electrons. The predicted molar refractivity (Wildman–Crippen MR) is 106 cm³/mol. The predicted octanol–water partition coefficient (Wildman–Crippen LogP) is 1.39. The van der Waals surface area contributed by atoms with Crippen LogP contribution >= 0.6 is 11.6 Å². The van der Waals surface area contributed by atoms with Gasteiger partial charge in [-0.15, -0.1) is 0 Å². The maximum atomic E-state index is 11.3. The van der Waals surface area contributed by atoms with Gasteiger partial charge < -0.3 is 15.5 Å². The Morgan fingerprint density at radius 3 is 2.89 bits per heavy atom. The smallest absolute Gasteiger partial charge is 0.229 e. The van der Waals surface area contributed by atoms with Crippen LogP contribution in [0.5, 0.6) is 0 Å². The molecule has 0 saturated carbocycles. The molecule has 2 aromatic heterocycles. The van der Waals surface area contributed by atoms with E-state index in [1.54, 1.807) is 17.1 Å². The van der Waals surface area contributed by atoms with E-state index in [2.05, 4.69) is 30.6 Å². The zero-order chi connectivity index (χ0) is 19.4. The molecule has 1 aliphatic rings. The number of hydrogen-bond donors (Lipinski definition) is 2. The largest absolute Gasteiger partial charge is 0.368 e.